The number of rotatable bonds is 4. The maximum Gasteiger partial charge on any atom is 0.227 e. The maximum absolute atomic E-state index is 12.9. The lowest BCUT2D eigenvalue weighted by Crippen LogP contribution is -2.24. The van der Waals surface area contributed by atoms with Gasteiger partial charge in [0, 0.05) is 24.6 Å². The van der Waals surface area contributed by atoms with Gasteiger partial charge in [-0.25, -0.2) is 4.98 Å². The number of amides is 1. The number of nitrogens with zero attached hydrogens (tertiary/aromatic N) is 3. The zero-order valence-electron chi connectivity index (χ0n) is 17.3. The largest absolute Gasteiger partial charge is 0.320 e. The van der Waals surface area contributed by atoms with Gasteiger partial charge < -0.3 is 9.47 Å². The lowest BCUT2D eigenvalue weighted by atomic mass is 10.0. The highest BCUT2D eigenvalue weighted by atomic mass is 16.2. The van der Waals surface area contributed by atoms with Crippen molar-refractivity contribution in [2.75, 3.05) is 11.4 Å². The Morgan fingerprint density at radius 1 is 0.933 bits per heavy atom. The molecule has 0 saturated carbocycles. The minimum absolute atomic E-state index is 0.0670. The zero-order chi connectivity index (χ0) is 20.7. The fraction of sp³-hybridized carbons (Fsp3) is 0.231. The van der Waals surface area contributed by atoms with Crippen molar-refractivity contribution in [1.29, 1.82) is 0 Å². The number of aryl methyl sites for hydroxylation is 1. The molecular formula is C26H25N3O. The van der Waals surface area contributed by atoms with Crippen molar-refractivity contribution in [3.8, 4) is 0 Å². The first-order valence-corrected chi connectivity index (χ1v) is 10.5. The van der Waals surface area contributed by atoms with Crippen LogP contribution in [0, 0.1) is 6.92 Å². The van der Waals surface area contributed by atoms with E-state index in [1.165, 1.54) is 11.1 Å². The van der Waals surface area contributed by atoms with Gasteiger partial charge >= 0.3 is 0 Å². The van der Waals surface area contributed by atoms with Crippen molar-refractivity contribution in [2.24, 2.45) is 0 Å². The number of aromatic nitrogens is 2. The molecule has 1 saturated heterocycles. The summed E-state index contributed by atoms with van der Waals surface area (Å²) in [6.07, 6.45) is 0.485. The first-order valence-electron chi connectivity index (χ1n) is 10.5. The standard InChI is InChI=1S/C26H25N3O/c1-18-12-14-22(15-13-18)28-17-21(16-25(28)30)26-27-23-10-6-7-11-24(23)29(26)19(2)20-8-4-3-5-9-20/h3-15,19,21H,16-17H2,1-2H3/t19-,21-/m0/s1. The highest BCUT2D eigenvalue weighted by Gasteiger charge is 2.35. The van der Waals surface area contributed by atoms with Crippen LogP contribution < -0.4 is 4.90 Å². The average Bonchev–Trinajstić information content (AvgIpc) is 3.35. The molecule has 0 N–H and O–H groups in total. The molecule has 2 atom stereocenters. The third kappa shape index (κ3) is 3.18. The van der Waals surface area contributed by atoms with E-state index in [-0.39, 0.29) is 17.9 Å². The molecule has 3 aromatic carbocycles. The van der Waals surface area contributed by atoms with E-state index < -0.39 is 0 Å². The van der Waals surface area contributed by atoms with Gasteiger partial charge in [0.1, 0.15) is 5.82 Å². The Morgan fingerprint density at radius 3 is 2.40 bits per heavy atom. The number of hydrogen-bond donors (Lipinski definition) is 0. The molecule has 30 heavy (non-hydrogen) atoms. The van der Waals surface area contributed by atoms with Gasteiger partial charge in [-0.2, -0.15) is 0 Å². The maximum atomic E-state index is 12.9. The fourth-order valence-electron chi connectivity index (χ4n) is 4.49. The molecule has 4 nitrogen and oxygen atoms in total. The second kappa shape index (κ2) is 7.45. The summed E-state index contributed by atoms with van der Waals surface area (Å²) in [7, 11) is 0. The summed E-state index contributed by atoms with van der Waals surface area (Å²) in [5, 5.41) is 0. The molecule has 0 bridgehead atoms. The van der Waals surface area contributed by atoms with Crippen molar-refractivity contribution in [2.45, 2.75) is 32.2 Å². The number of anilines is 1. The predicted molar refractivity (Wildman–Crippen MR) is 121 cm³/mol. The number of fused-ring (bicyclic) bond motifs is 1. The van der Waals surface area contributed by atoms with Gasteiger partial charge in [0.15, 0.2) is 0 Å². The van der Waals surface area contributed by atoms with Gasteiger partial charge in [0.25, 0.3) is 0 Å². The topological polar surface area (TPSA) is 38.1 Å². The van der Waals surface area contributed by atoms with Crippen LogP contribution in [0.5, 0.6) is 0 Å². The quantitative estimate of drug-likeness (QED) is 0.459. The number of para-hydroxylation sites is 2. The van der Waals surface area contributed by atoms with Gasteiger partial charge in [-0.3, -0.25) is 4.79 Å². The fourth-order valence-corrected chi connectivity index (χ4v) is 4.49. The van der Waals surface area contributed by atoms with Gasteiger partial charge in [-0.1, -0.05) is 60.2 Å². The minimum Gasteiger partial charge on any atom is -0.320 e. The second-order valence-corrected chi connectivity index (χ2v) is 8.16. The Kier molecular flexibility index (Phi) is 4.62. The minimum atomic E-state index is 0.0670. The molecule has 4 aromatic rings. The van der Waals surface area contributed by atoms with Gasteiger partial charge in [0.2, 0.25) is 5.91 Å². The van der Waals surface area contributed by atoms with Crippen molar-refractivity contribution >= 4 is 22.6 Å². The van der Waals surface area contributed by atoms with Crippen molar-refractivity contribution in [3.63, 3.8) is 0 Å². The third-order valence-corrected chi connectivity index (χ3v) is 6.13. The smallest absolute Gasteiger partial charge is 0.227 e. The molecule has 1 aliphatic rings. The summed E-state index contributed by atoms with van der Waals surface area (Å²) in [6.45, 7) is 4.93. The van der Waals surface area contributed by atoms with E-state index in [1.54, 1.807) is 0 Å². The highest BCUT2D eigenvalue weighted by molar-refractivity contribution is 5.96. The number of imidazole rings is 1. The molecule has 1 aromatic heterocycles. The number of benzene rings is 3. The summed E-state index contributed by atoms with van der Waals surface area (Å²) in [6, 6.07) is 27.1. The summed E-state index contributed by atoms with van der Waals surface area (Å²) in [5.41, 5.74) is 5.50. The first kappa shape index (κ1) is 18.6. The number of carbonyl (C=O) groups excluding carboxylic acids is 1. The van der Waals surface area contributed by atoms with Crippen LogP contribution in [0.25, 0.3) is 11.0 Å². The van der Waals surface area contributed by atoms with Gasteiger partial charge in [-0.05, 0) is 43.7 Å². The normalized spacial score (nSPS) is 17.6. The molecule has 1 amide bonds. The van der Waals surface area contributed by atoms with E-state index in [9.17, 15) is 4.79 Å². The molecule has 0 unspecified atom stereocenters. The van der Waals surface area contributed by atoms with Crippen LogP contribution in [-0.2, 0) is 4.79 Å². The van der Waals surface area contributed by atoms with Crippen LogP contribution in [0.15, 0.2) is 78.9 Å². The average molecular weight is 396 g/mol. The molecule has 0 spiro atoms. The Bertz CT molecular complexity index is 1190. The summed E-state index contributed by atoms with van der Waals surface area (Å²) >= 11 is 0. The molecule has 4 heteroatoms. The van der Waals surface area contributed by atoms with Gasteiger partial charge in [-0.15, -0.1) is 0 Å². The van der Waals surface area contributed by atoms with Crippen molar-refractivity contribution < 1.29 is 4.79 Å². The first-order chi connectivity index (χ1) is 14.6. The summed E-state index contributed by atoms with van der Waals surface area (Å²) in [4.78, 5) is 19.8. The van der Waals surface area contributed by atoms with Crippen LogP contribution in [0.2, 0.25) is 0 Å². The van der Waals surface area contributed by atoms with Crippen LogP contribution in [0.3, 0.4) is 0 Å². The molecule has 5 rings (SSSR count). The van der Waals surface area contributed by atoms with Crippen molar-refractivity contribution in [1.82, 2.24) is 9.55 Å². The molecule has 0 radical (unpaired) electrons. The van der Waals surface area contributed by atoms with Gasteiger partial charge in [0.05, 0.1) is 17.1 Å². The van der Waals surface area contributed by atoms with E-state index in [4.69, 9.17) is 4.98 Å². The molecule has 0 aliphatic carbocycles. The van der Waals surface area contributed by atoms with Crippen LogP contribution >= 0.6 is 0 Å². The Morgan fingerprint density at radius 2 is 1.63 bits per heavy atom. The molecule has 2 heterocycles. The van der Waals surface area contributed by atoms with E-state index in [0.29, 0.717) is 13.0 Å². The second-order valence-electron chi connectivity index (χ2n) is 8.16. The van der Waals surface area contributed by atoms with E-state index >= 15 is 0 Å². The van der Waals surface area contributed by atoms with Crippen LogP contribution in [0.4, 0.5) is 5.69 Å². The highest BCUT2D eigenvalue weighted by Crippen LogP contribution is 2.36. The van der Waals surface area contributed by atoms with E-state index in [0.717, 1.165) is 22.5 Å². The Hall–Kier alpha value is -3.40. The monoisotopic (exact) mass is 395 g/mol. The lowest BCUT2D eigenvalue weighted by Gasteiger charge is -2.21. The third-order valence-electron chi connectivity index (χ3n) is 6.13. The number of hydrogen-bond acceptors (Lipinski definition) is 2. The Balaban J connectivity index is 1.56. The summed E-state index contributed by atoms with van der Waals surface area (Å²) < 4.78 is 2.32. The summed E-state index contributed by atoms with van der Waals surface area (Å²) in [5.74, 6) is 1.22. The van der Waals surface area contributed by atoms with Crippen molar-refractivity contribution in [3.05, 3.63) is 95.8 Å². The van der Waals surface area contributed by atoms with Crippen LogP contribution in [-0.4, -0.2) is 22.0 Å². The SMILES string of the molecule is Cc1ccc(N2C[C@@H](c3nc4ccccc4n3[C@@H](C)c3ccccc3)CC2=O)cc1. The number of carbonyl (C=O) groups is 1. The zero-order valence-corrected chi connectivity index (χ0v) is 17.3. The van der Waals surface area contributed by atoms with E-state index in [2.05, 4.69) is 73.0 Å². The molecular weight excluding hydrogens is 370 g/mol. The predicted octanol–water partition coefficient (Wildman–Crippen LogP) is 5.47. The van der Waals surface area contributed by atoms with Crippen LogP contribution in [0.1, 0.15) is 42.3 Å². The molecule has 1 fully saturated rings. The Labute approximate surface area is 176 Å². The molecule has 1 aliphatic heterocycles. The lowest BCUT2D eigenvalue weighted by molar-refractivity contribution is -0.117. The van der Waals surface area contributed by atoms with E-state index in [1.807, 2.05) is 29.2 Å². The molecule has 150 valence electrons.